The number of fused-ring (bicyclic) bond motifs is 3. The highest BCUT2D eigenvalue weighted by Crippen LogP contribution is 2.37. The van der Waals surface area contributed by atoms with Crippen LogP contribution in [-0.2, 0) is 6.18 Å². The van der Waals surface area contributed by atoms with Crippen molar-refractivity contribution < 1.29 is 18.1 Å². The SMILES string of the molecule is O=[N+]([O-])c1ccc2c(c1)nc(C(F)(F)F)c1ccccc12. The van der Waals surface area contributed by atoms with E-state index < -0.39 is 16.8 Å². The summed E-state index contributed by atoms with van der Waals surface area (Å²) in [6.07, 6.45) is -4.63. The lowest BCUT2D eigenvalue weighted by atomic mass is 10.0. The number of hydrogen-bond donors (Lipinski definition) is 0. The van der Waals surface area contributed by atoms with Gasteiger partial charge >= 0.3 is 6.18 Å². The van der Waals surface area contributed by atoms with Gasteiger partial charge < -0.3 is 0 Å². The van der Waals surface area contributed by atoms with Crippen LogP contribution in [0.1, 0.15) is 5.69 Å². The predicted molar refractivity (Wildman–Crippen MR) is 70.9 cm³/mol. The van der Waals surface area contributed by atoms with Crippen LogP contribution in [0.15, 0.2) is 42.5 Å². The normalized spacial score (nSPS) is 12.0. The van der Waals surface area contributed by atoms with Crippen molar-refractivity contribution in [2.24, 2.45) is 0 Å². The number of hydrogen-bond acceptors (Lipinski definition) is 3. The van der Waals surface area contributed by atoms with E-state index >= 15 is 0 Å². The molecule has 0 radical (unpaired) electrons. The molecule has 0 unspecified atom stereocenters. The highest BCUT2D eigenvalue weighted by molar-refractivity contribution is 6.07. The van der Waals surface area contributed by atoms with Crippen molar-refractivity contribution in [3.8, 4) is 0 Å². The van der Waals surface area contributed by atoms with Crippen LogP contribution >= 0.6 is 0 Å². The number of rotatable bonds is 1. The Bertz CT molecular complexity index is 875. The number of aromatic nitrogens is 1. The maximum atomic E-state index is 13.1. The first-order chi connectivity index (χ1) is 9.88. The zero-order valence-electron chi connectivity index (χ0n) is 10.4. The molecule has 0 saturated heterocycles. The van der Waals surface area contributed by atoms with Crippen molar-refractivity contribution in [2.45, 2.75) is 6.18 Å². The van der Waals surface area contributed by atoms with Crippen molar-refractivity contribution in [3.63, 3.8) is 0 Å². The van der Waals surface area contributed by atoms with Crippen LogP contribution in [0, 0.1) is 10.1 Å². The second-order valence-corrected chi connectivity index (χ2v) is 4.46. The third kappa shape index (κ3) is 2.16. The van der Waals surface area contributed by atoms with E-state index in [0.29, 0.717) is 10.8 Å². The second-order valence-electron chi connectivity index (χ2n) is 4.46. The molecule has 4 nitrogen and oxygen atoms in total. The molecule has 3 rings (SSSR count). The van der Waals surface area contributed by atoms with Gasteiger partial charge in [0.05, 0.1) is 10.4 Å². The minimum atomic E-state index is -4.63. The van der Waals surface area contributed by atoms with Gasteiger partial charge in [0.15, 0.2) is 5.69 Å². The molecule has 106 valence electrons. The zero-order chi connectivity index (χ0) is 15.2. The van der Waals surface area contributed by atoms with Crippen molar-refractivity contribution in [1.82, 2.24) is 4.98 Å². The quantitative estimate of drug-likeness (QED) is 0.381. The van der Waals surface area contributed by atoms with E-state index in [2.05, 4.69) is 4.98 Å². The number of non-ortho nitro benzene ring substituents is 1. The third-order valence-electron chi connectivity index (χ3n) is 3.17. The first-order valence-corrected chi connectivity index (χ1v) is 5.92. The molecule has 0 atom stereocenters. The Morgan fingerprint density at radius 3 is 2.29 bits per heavy atom. The minimum absolute atomic E-state index is 0.0219. The average Bonchev–Trinajstić information content (AvgIpc) is 2.44. The molecule has 0 N–H and O–H groups in total. The van der Waals surface area contributed by atoms with Gasteiger partial charge in [0.25, 0.3) is 5.69 Å². The van der Waals surface area contributed by atoms with E-state index in [-0.39, 0.29) is 16.6 Å². The first kappa shape index (κ1) is 13.3. The molecule has 0 aliphatic rings. The summed E-state index contributed by atoms with van der Waals surface area (Å²) in [6, 6.07) is 9.72. The molecule has 0 bridgehead atoms. The van der Waals surface area contributed by atoms with Crippen LogP contribution in [-0.4, -0.2) is 9.91 Å². The fourth-order valence-electron chi connectivity index (χ4n) is 2.28. The lowest BCUT2D eigenvalue weighted by Crippen LogP contribution is -2.09. The number of pyridine rings is 1. The van der Waals surface area contributed by atoms with Gasteiger partial charge in [-0.3, -0.25) is 10.1 Å². The van der Waals surface area contributed by atoms with E-state index in [1.165, 1.54) is 24.3 Å². The Labute approximate surface area is 116 Å². The first-order valence-electron chi connectivity index (χ1n) is 5.92. The second kappa shape index (κ2) is 4.41. The van der Waals surface area contributed by atoms with Crippen molar-refractivity contribution >= 4 is 27.4 Å². The van der Waals surface area contributed by atoms with Gasteiger partial charge in [-0.2, -0.15) is 13.2 Å². The van der Waals surface area contributed by atoms with E-state index in [1.807, 2.05) is 0 Å². The van der Waals surface area contributed by atoms with Gasteiger partial charge in [-0.1, -0.05) is 24.3 Å². The highest BCUT2D eigenvalue weighted by Gasteiger charge is 2.35. The maximum absolute atomic E-state index is 13.1. The topological polar surface area (TPSA) is 56.0 Å². The van der Waals surface area contributed by atoms with Gasteiger partial charge in [0.2, 0.25) is 0 Å². The van der Waals surface area contributed by atoms with E-state index in [4.69, 9.17) is 0 Å². The average molecular weight is 292 g/mol. The molecule has 0 amide bonds. The summed E-state index contributed by atoms with van der Waals surface area (Å²) in [5.74, 6) is 0. The van der Waals surface area contributed by atoms with Crippen LogP contribution in [0.2, 0.25) is 0 Å². The van der Waals surface area contributed by atoms with Crippen LogP contribution in [0.3, 0.4) is 0 Å². The molecule has 21 heavy (non-hydrogen) atoms. The Balaban J connectivity index is 2.47. The Morgan fingerprint density at radius 1 is 1.00 bits per heavy atom. The van der Waals surface area contributed by atoms with Crippen LogP contribution in [0.4, 0.5) is 18.9 Å². The van der Waals surface area contributed by atoms with Gasteiger partial charge in [0.1, 0.15) is 0 Å². The summed E-state index contributed by atoms with van der Waals surface area (Å²) in [6.45, 7) is 0. The summed E-state index contributed by atoms with van der Waals surface area (Å²) in [7, 11) is 0. The maximum Gasteiger partial charge on any atom is 0.433 e. The highest BCUT2D eigenvalue weighted by atomic mass is 19.4. The number of nitrogens with zero attached hydrogens (tertiary/aromatic N) is 2. The van der Waals surface area contributed by atoms with Crippen molar-refractivity contribution in [3.05, 3.63) is 58.3 Å². The Morgan fingerprint density at radius 2 is 1.67 bits per heavy atom. The summed E-state index contributed by atoms with van der Waals surface area (Å²) in [5, 5.41) is 11.5. The molecule has 3 aromatic rings. The molecular weight excluding hydrogens is 285 g/mol. The zero-order valence-corrected chi connectivity index (χ0v) is 10.4. The van der Waals surface area contributed by atoms with Crippen LogP contribution in [0.25, 0.3) is 21.7 Å². The molecule has 7 heteroatoms. The number of nitro groups is 1. The Hall–Kier alpha value is -2.70. The molecular formula is C14H7F3N2O2. The molecule has 2 aromatic carbocycles. The molecule has 0 fully saturated rings. The molecule has 1 heterocycles. The van der Waals surface area contributed by atoms with Crippen molar-refractivity contribution in [2.75, 3.05) is 0 Å². The predicted octanol–water partition coefficient (Wildman–Crippen LogP) is 4.32. The largest absolute Gasteiger partial charge is 0.433 e. The van der Waals surface area contributed by atoms with Gasteiger partial charge in [0, 0.05) is 22.9 Å². The molecule has 0 aliphatic carbocycles. The van der Waals surface area contributed by atoms with Gasteiger partial charge in [-0.15, -0.1) is 0 Å². The molecule has 1 aromatic heterocycles. The third-order valence-corrected chi connectivity index (χ3v) is 3.17. The smallest absolute Gasteiger partial charge is 0.258 e. The van der Waals surface area contributed by atoms with Gasteiger partial charge in [-0.05, 0) is 11.5 Å². The lowest BCUT2D eigenvalue weighted by Gasteiger charge is -2.11. The number of alkyl halides is 3. The monoisotopic (exact) mass is 292 g/mol. The molecule has 0 aliphatic heterocycles. The van der Waals surface area contributed by atoms with Crippen molar-refractivity contribution in [1.29, 1.82) is 0 Å². The minimum Gasteiger partial charge on any atom is -0.258 e. The summed E-state index contributed by atoms with van der Waals surface area (Å²) < 4.78 is 39.3. The molecule has 0 spiro atoms. The molecule has 0 saturated carbocycles. The standard InChI is InChI=1S/C14H7F3N2O2/c15-14(16,17)13-11-4-2-1-3-9(11)10-6-5-8(19(20)21)7-12(10)18-13/h1-7H. The number of nitro benzene ring substituents is 1. The van der Waals surface area contributed by atoms with Crippen LogP contribution < -0.4 is 0 Å². The van der Waals surface area contributed by atoms with E-state index in [1.54, 1.807) is 12.1 Å². The van der Waals surface area contributed by atoms with E-state index in [0.717, 1.165) is 6.07 Å². The summed E-state index contributed by atoms with van der Waals surface area (Å²) >= 11 is 0. The Kier molecular flexibility index (Phi) is 2.79. The fraction of sp³-hybridized carbons (Fsp3) is 0.0714. The number of benzene rings is 2. The van der Waals surface area contributed by atoms with E-state index in [9.17, 15) is 23.3 Å². The number of halogens is 3. The summed E-state index contributed by atoms with van der Waals surface area (Å²) in [4.78, 5) is 13.7. The van der Waals surface area contributed by atoms with Crippen LogP contribution in [0.5, 0.6) is 0 Å². The fourth-order valence-corrected chi connectivity index (χ4v) is 2.28. The summed E-state index contributed by atoms with van der Waals surface area (Å²) in [5.41, 5.74) is -1.38. The van der Waals surface area contributed by atoms with Gasteiger partial charge in [-0.25, -0.2) is 4.98 Å². The lowest BCUT2D eigenvalue weighted by molar-refractivity contribution is -0.384.